The molecule has 0 bridgehead atoms. The van der Waals surface area contributed by atoms with Gasteiger partial charge in [-0.15, -0.1) is 0 Å². The number of aryl methyl sites for hydroxylation is 1. The van der Waals surface area contributed by atoms with E-state index in [1.165, 1.54) is 66.1 Å². The second-order valence-corrected chi connectivity index (χ2v) is 11.7. The zero-order chi connectivity index (χ0) is 31.0. The smallest absolute Gasteiger partial charge is 0.135 e. The summed E-state index contributed by atoms with van der Waals surface area (Å²) in [6.45, 7) is 5.89. The molecule has 1 aromatic heterocycles. The van der Waals surface area contributed by atoms with Crippen LogP contribution >= 0.6 is 0 Å². The molecule has 0 unspecified atom stereocenters. The molecule has 0 saturated carbocycles. The molecule has 0 aliphatic carbocycles. The summed E-state index contributed by atoms with van der Waals surface area (Å²) < 4.78 is 6.09. The number of benzene rings is 7. The normalized spacial score (nSPS) is 11.6. The zero-order valence-corrected chi connectivity index (χ0v) is 25.7. The summed E-state index contributed by atoms with van der Waals surface area (Å²) in [6, 6.07) is 52.7. The van der Waals surface area contributed by atoms with Crippen molar-refractivity contribution in [2.45, 2.75) is 6.92 Å². The molecule has 0 fully saturated rings. The first-order valence-electron chi connectivity index (χ1n) is 15.7. The van der Waals surface area contributed by atoms with Gasteiger partial charge in [-0.1, -0.05) is 152 Å². The molecule has 0 amide bonds. The fraction of sp³-hybridized carbons (Fsp3) is 0.0222. The molecule has 0 aliphatic rings. The standard InChI is InChI=1S/C45H32O/c1-3-4-22-42-30(2)41-29-34(27-28-43(41)46-42)31-23-25-33(26-24-31)44-37-18-10-12-20-39(37)45(40-21-13-11-19-38(40)44)36-17-9-8-16-35(36)32-14-6-5-7-15-32/h3-29H,1H2,2H3/b22-4-. The van der Waals surface area contributed by atoms with Crippen molar-refractivity contribution in [3.05, 3.63) is 176 Å². The molecule has 1 nitrogen and oxygen atoms in total. The molecule has 0 N–H and O–H groups in total. The van der Waals surface area contributed by atoms with Crippen LogP contribution in [-0.2, 0) is 0 Å². The average molecular weight is 589 g/mol. The molecule has 1 heterocycles. The molecule has 7 aromatic carbocycles. The van der Waals surface area contributed by atoms with Crippen molar-refractivity contribution in [2.75, 3.05) is 0 Å². The Bertz CT molecular complexity index is 2360. The highest BCUT2D eigenvalue weighted by molar-refractivity contribution is 6.22. The Balaban J connectivity index is 1.29. The van der Waals surface area contributed by atoms with Gasteiger partial charge in [-0.3, -0.25) is 0 Å². The van der Waals surface area contributed by atoms with Crippen LogP contribution in [0.5, 0.6) is 0 Å². The van der Waals surface area contributed by atoms with Crippen molar-refractivity contribution >= 4 is 38.6 Å². The van der Waals surface area contributed by atoms with Crippen LogP contribution in [0.1, 0.15) is 11.3 Å². The van der Waals surface area contributed by atoms with Crippen molar-refractivity contribution < 1.29 is 4.42 Å². The fourth-order valence-corrected chi connectivity index (χ4v) is 6.86. The number of fused-ring (bicyclic) bond motifs is 3. The van der Waals surface area contributed by atoms with E-state index >= 15 is 0 Å². The van der Waals surface area contributed by atoms with Gasteiger partial charge in [-0.2, -0.15) is 0 Å². The van der Waals surface area contributed by atoms with E-state index in [4.69, 9.17) is 4.42 Å². The lowest BCUT2D eigenvalue weighted by Gasteiger charge is -2.19. The van der Waals surface area contributed by atoms with Crippen LogP contribution in [-0.4, -0.2) is 0 Å². The second kappa shape index (κ2) is 11.5. The lowest BCUT2D eigenvalue weighted by Crippen LogP contribution is -1.92. The van der Waals surface area contributed by atoms with Crippen molar-refractivity contribution in [2.24, 2.45) is 0 Å². The molecule has 1 heteroatoms. The quantitative estimate of drug-likeness (QED) is 0.139. The Morgan fingerprint density at radius 3 is 1.67 bits per heavy atom. The van der Waals surface area contributed by atoms with Crippen molar-refractivity contribution in [3.63, 3.8) is 0 Å². The first-order valence-corrected chi connectivity index (χ1v) is 15.7. The first-order chi connectivity index (χ1) is 22.7. The first kappa shape index (κ1) is 27.6. The molecule has 0 radical (unpaired) electrons. The predicted octanol–water partition coefficient (Wildman–Crippen LogP) is 12.9. The molecule has 0 atom stereocenters. The number of hydrogen-bond donors (Lipinski definition) is 0. The fourth-order valence-electron chi connectivity index (χ4n) is 6.86. The third-order valence-corrected chi connectivity index (χ3v) is 9.08. The molecule has 0 saturated heterocycles. The highest BCUT2D eigenvalue weighted by Crippen LogP contribution is 2.46. The maximum Gasteiger partial charge on any atom is 0.135 e. The van der Waals surface area contributed by atoms with E-state index in [0.29, 0.717) is 0 Å². The van der Waals surface area contributed by atoms with Gasteiger partial charge in [0.1, 0.15) is 11.3 Å². The van der Waals surface area contributed by atoms with Crippen LogP contribution < -0.4 is 0 Å². The summed E-state index contributed by atoms with van der Waals surface area (Å²) in [5.74, 6) is 0.871. The minimum Gasteiger partial charge on any atom is -0.456 e. The van der Waals surface area contributed by atoms with Gasteiger partial charge in [-0.05, 0) is 91.2 Å². The minimum absolute atomic E-state index is 0.871. The summed E-state index contributed by atoms with van der Waals surface area (Å²) in [4.78, 5) is 0. The summed E-state index contributed by atoms with van der Waals surface area (Å²) in [7, 11) is 0. The molecule has 0 spiro atoms. The molecule has 8 rings (SSSR count). The van der Waals surface area contributed by atoms with E-state index in [9.17, 15) is 0 Å². The van der Waals surface area contributed by atoms with Crippen LogP contribution in [0.2, 0.25) is 0 Å². The van der Waals surface area contributed by atoms with Gasteiger partial charge >= 0.3 is 0 Å². The van der Waals surface area contributed by atoms with E-state index in [1.54, 1.807) is 6.08 Å². The predicted molar refractivity (Wildman–Crippen MR) is 197 cm³/mol. The topological polar surface area (TPSA) is 13.1 Å². The minimum atomic E-state index is 0.871. The lowest BCUT2D eigenvalue weighted by molar-refractivity contribution is 0.601. The summed E-state index contributed by atoms with van der Waals surface area (Å²) in [6.07, 6.45) is 5.65. The highest BCUT2D eigenvalue weighted by Gasteiger charge is 2.19. The van der Waals surface area contributed by atoms with Gasteiger partial charge in [0.05, 0.1) is 0 Å². The lowest BCUT2D eigenvalue weighted by atomic mass is 9.83. The third kappa shape index (κ3) is 4.65. The monoisotopic (exact) mass is 588 g/mol. The van der Waals surface area contributed by atoms with E-state index in [0.717, 1.165) is 22.3 Å². The van der Waals surface area contributed by atoms with Crippen molar-refractivity contribution in [1.82, 2.24) is 0 Å². The van der Waals surface area contributed by atoms with Crippen molar-refractivity contribution in [1.29, 1.82) is 0 Å². The Hall–Kier alpha value is -5.92. The highest BCUT2D eigenvalue weighted by atomic mass is 16.3. The van der Waals surface area contributed by atoms with E-state index in [-0.39, 0.29) is 0 Å². The van der Waals surface area contributed by atoms with E-state index in [2.05, 4.69) is 159 Å². The van der Waals surface area contributed by atoms with Crippen LogP contribution in [0.3, 0.4) is 0 Å². The van der Waals surface area contributed by atoms with E-state index in [1.807, 2.05) is 12.2 Å². The number of allylic oxidation sites excluding steroid dienone is 2. The summed E-state index contributed by atoms with van der Waals surface area (Å²) in [5.41, 5.74) is 11.8. The van der Waals surface area contributed by atoms with Crippen LogP contribution in [0.4, 0.5) is 0 Å². The maximum atomic E-state index is 6.09. The molecule has 218 valence electrons. The molecular formula is C45H32O. The van der Waals surface area contributed by atoms with Gasteiger partial charge in [-0.25, -0.2) is 0 Å². The summed E-state index contributed by atoms with van der Waals surface area (Å²) >= 11 is 0. The van der Waals surface area contributed by atoms with Gasteiger partial charge in [0.15, 0.2) is 0 Å². The van der Waals surface area contributed by atoms with Gasteiger partial charge < -0.3 is 4.42 Å². The molecule has 8 aromatic rings. The Morgan fingerprint density at radius 2 is 1.02 bits per heavy atom. The Morgan fingerprint density at radius 1 is 0.478 bits per heavy atom. The Labute approximate surface area is 269 Å². The third-order valence-electron chi connectivity index (χ3n) is 9.08. The number of rotatable bonds is 6. The van der Waals surface area contributed by atoms with Crippen LogP contribution in [0, 0.1) is 6.92 Å². The van der Waals surface area contributed by atoms with E-state index < -0.39 is 0 Å². The summed E-state index contributed by atoms with van der Waals surface area (Å²) in [5, 5.41) is 6.15. The van der Waals surface area contributed by atoms with Crippen LogP contribution in [0.15, 0.2) is 169 Å². The van der Waals surface area contributed by atoms with Gasteiger partial charge in [0.25, 0.3) is 0 Å². The number of furan rings is 1. The molecule has 46 heavy (non-hydrogen) atoms. The largest absolute Gasteiger partial charge is 0.456 e. The Kier molecular flexibility index (Phi) is 6.93. The van der Waals surface area contributed by atoms with Crippen molar-refractivity contribution in [3.8, 4) is 44.5 Å². The molecule has 0 aliphatic heterocycles. The van der Waals surface area contributed by atoms with Gasteiger partial charge in [0.2, 0.25) is 0 Å². The maximum absolute atomic E-state index is 6.09. The van der Waals surface area contributed by atoms with Gasteiger partial charge in [0, 0.05) is 10.9 Å². The zero-order valence-electron chi connectivity index (χ0n) is 25.7. The van der Waals surface area contributed by atoms with Crippen LogP contribution in [0.25, 0.3) is 83.1 Å². The SMILES string of the molecule is C=C/C=C\c1oc2ccc(-c3ccc(-c4c5ccccc5c(-c5ccccc5-c5ccccc5)c5ccccc45)cc3)cc2c1C. The second-order valence-electron chi connectivity index (χ2n) is 11.7. The average Bonchev–Trinajstić information content (AvgIpc) is 3.44. The number of hydrogen-bond acceptors (Lipinski definition) is 1. The molecular weight excluding hydrogens is 556 g/mol.